The van der Waals surface area contributed by atoms with E-state index in [0.29, 0.717) is 11.8 Å². The van der Waals surface area contributed by atoms with Crippen LogP contribution in [0.1, 0.15) is 46.0 Å². The molecular weight excluding hydrogens is 228 g/mol. The van der Waals surface area contributed by atoms with Crippen molar-refractivity contribution in [1.82, 2.24) is 0 Å². The van der Waals surface area contributed by atoms with Crippen LogP contribution in [0, 0.1) is 17.3 Å². The van der Waals surface area contributed by atoms with Crippen LogP contribution < -0.4 is 0 Å². The zero-order chi connectivity index (χ0) is 13.4. The average molecular weight is 254 g/mol. The Balaban J connectivity index is 2.18. The fourth-order valence-electron chi connectivity index (χ4n) is 3.85. The fraction of sp³-hybridized carbons (Fsp3) is 0.867. The van der Waals surface area contributed by atoms with Crippen LogP contribution in [0.4, 0.5) is 0 Å². The Kier molecular flexibility index (Phi) is 3.86. The number of fused-ring (bicyclic) bond motifs is 1. The molecule has 0 spiro atoms. The normalized spacial score (nSPS) is 47.9. The third kappa shape index (κ3) is 2.36. The molecule has 18 heavy (non-hydrogen) atoms. The molecule has 104 valence electrons. The molecule has 0 heterocycles. The Labute approximate surface area is 110 Å². The molecule has 3 nitrogen and oxygen atoms in total. The van der Waals surface area contributed by atoms with Gasteiger partial charge in [-0.15, -0.1) is 0 Å². The highest BCUT2D eigenvalue weighted by Crippen LogP contribution is 2.58. The van der Waals surface area contributed by atoms with Crippen molar-refractivity contribution >= 4 is 0 Å². The number of hydrogen-bond donors (Lipinski definition) is 3. The van der Waals surface area contributed by atoms with Crippen LogP contribution in [0.3, 0.4) is 0 Å². The van der Waals surface area contributed by atoms with Crippen LogP contribution in [0.25, 0.3) is 0 Å². The minimum atomic E-state index is -0.638. The summed E-state index contributed by atoms with van der Waals surface area (Å²) in [6.07, 6.45) is 6.43. The second-order valence-corrected chi connectivity index (χ2v) is 6.68. The van der Waals surface area contributed by atoms with Gasteiger partial charge in [0.1, 0.15) is 0 Å². The first-order chi connectivity index (χ1) is 8.43. The molecule has 3 N–H and O–H groups in total. The third-order valence-electron chi connectivity index (χ3n) is 5.29. The van der Waals surface area contributed by atoms with Crippen LogP contribution in [0.15, 0.2) is 11.6 Å². The highest BCUT2D eigenvalue weighted by Gasteiger charge is 2.55. The predicted octanol–water partition coefficient (Wildman–Crippen LogP) is 1.86. The Morgan fingerprint density at radius 3 is 2.61 bits per heavy atom. The lowest BCUT2D eigenvalue weighted by Crippen LogP contribution is -2.57. The smallest absolute Gasteiger partial charge is 0.0653 e. The Hall–Kier alpha value is -0.380. The van der Waals surface area contributed by atoms with E-state index < -0.39 is 5.60 Å². The molecule has 0 aromatic carbocycles. The number of hydrogen-bond acceptors (Lipinski definition) is 3. The molecule has 0 amide bonds. The van der Waals surface area contributed by atoms with Crippen molar-refractivity contribution in [3.63, 3.8) is 0 Å². The minimum absolute atomic E-state index is 0.0421. The highest BCUT2D eigenvalue weighted by molar-refractivity contribution is 5.11. The van der Waals surface area contributed by atoms with Crippen molar-refractivity contribution in [2.75, 3.05) is 13.2 Å². The number of aliphatic hydroxyl groups is 3. The Bertz CT molecular complexity index is 335. The molecule has 2 aliphatic rings. The van der Waals surface area contributed by atoms with E-state index in [9.17, 15) is 15.3 Å². The number of aliphatic hydroxyl groups excluding tert-OH is 2. The summed E-state index contributed by atoms with van der Waals surface area (Å²) in [5.41, 5.74) is 0.402. The van der Waals surface area contributed by atoms with Gasteiger partial charge in [-0.05, 0) is 61.9 Å². The molecule has 0 bridgehead atoms. The molecule has 0 unspecified atom stereocenters. The first-order valence-electron chi connectivity index (χ1n) is 7.05. The molecule has 3 heteroatoms. The van der Waals surface area contributed by atoms with Gasteiger partial charge in [0.05, 0.1) is 12.2 Å². The number of rotatable bonds is 2. The van der Waals surface area contributed by atoms with Crippen LogP contribution in [-0.2, 0) is 0 Å². The standard InChI is InChI=1S/C15H26O3/c1-14(10-17)8-13-12(14)6-5-11(9-16)4-3-7-15(13,2)18/h4,12-13,16-18H,3,5-10H2,1-2H3/b11-4-/t12-,13+,14+,15-/m1/s1. The second-order valence-electron chi connectivity index (χ2n) is 6.68. The molecule has 1 saturated carbocycles. The molecule has 4 atom stereocenters. The maximum atomic E-state index is 10.6. The Morgan fingerprint density at radius 1 is 1.28 bits per heavy atom. The van der Waals surface area contributed by atoms with Gasteiger partial charge in [-0.2, -0.15) is 0 Å². The lowest BCUT2D eigenvalue weighted by molar-refractivity contribution is -0.163. The van der Waals surface area contributed by atoms with Gasteiger partial charge in [0.25, 0.3) is 0 Å². The van der Waals surface area contributed by atoms with Crippen LogP contribution in [0.2, 0.25) is 0 Å². The van der Waals surface area contributed by atoms with Gasteiger partial charge in [-0.1, -0.05) is 13.0 Å². The maximum Gasteiger partial charge on any atom is 0.0653 e. The van der Waals surface area contributed by atoms with E-state index in [0.717, 1.165) is 37.7 Å². The second kappa shape index (κ2) is 4.95. The average Bonchev–Trinajstić information content (AvgIpc) is 2.37. The first-order valence-corrected chi connectivity index (χ1v) is 7.05. The zero-order valence-electron chi connectivity index (χ0n) is 11.5. The lowest BCUT2D eigenvalue weighted by Gasteiger charge is -2.57. The zero-order valence-corrected chi connectivity index (χ0v) is 11.5. The quantitative estimate of drug-likeness (QED) is 0.659. The van der Waals surface area contributed by atoms with E-state index in [1.807, 2.05) is 6.92 Å². The first kappa shape index (κ1) is 14.0. The molecule has 2 rings (SSSR count). The molecule has 2 aliphatic carbocycles. The molecule has 0 aromatic rings. The minimum Gasteiger partial charge on any atom is -0.396 e. The highest BCUT2D eigenvalue weighted by atomic mass is 16.3. The maximum absolute atomic E-state index is 10.6. The van der Waals surface area contributed by atoms with E-state index >= 15 is 0 Å². The molecule has 0 radical (unpaired) electrons. The summed E-state index contributed by atoms with van der Waals surface area (Å²) < 4.78 is 0. The summed E-state index contributed by atoms with van der Waals surface area (Å²) in [5, 5.41) is 29.5. The topological polar surface area (TPSA) is 60.7 Å². The summed E-state index contributed by atoms with van der Waals surface area (Å²) in [5.74, 6) is 0.659. The monoisotopic (exact) mass is 254 g/mol. The van der Waals surface area contributed by atoms with E-state index in [1.165, 1.54) is 0 Å². The van der Waals surface area contributed by atoms with Gasteiger partial charge in [0.2, 0.25) is 0 Å². The van der Waals surface area contributed by atoms with Crippen molar-refractivity contribution in [3.05, 3.63) is 11.6 Å². The van der Waals surface area contributed by atoms with Crippen molar-refractivity contribution in [1.29, 1.82) is 0 Å². The molecule has 0 aromatic heterocycles. The molecule has 0 saturated heterocycles. The summed E-state index contributed by atoms with van der Waals surface area (Å²) in [6, 6.07) is 0. The van der Waals surface area contributed by atoms with Gasteiger partial charge in [0, 0.05) is 6.61 Å². The van der Waals surface area contributed by atoms with E-state index in [1.54, 1.807) is 0 Å². The summed E-state index contributed by atoms with van der Waals surface area (Å²) in [7, 11) is 0. The third-order valence-corrected chi connectivity index (χ3v) is 5.29. The number of allylic oxidation sites excluding steroid dienone is 1. The summed E-state index contributed by atoms with van der Waals surface area (Å²) >= 11 is 0. The van der Waals surface area contributed by atoms with Gasteiger partial charge in [-0.3, -0.25) is 0 Å². The van der Waals surface area contributed by atoms with Gasteiger partial charge >= 0.3 is 0 Å². The van der Waals surface area contributed by atoms with Crippen LogP contribution in [-0.4, -0.2) is 34.1 Å². The van der Waals surface area contributed by atoms with E-state index in [-0.39, 0.29) is 18.6 Å². The fourth-order valence-corrected chi connectivity index (χ4v) is 3.85. The van der Waals surface area contributed by atoms with Gasteiger partial charge < -0.3 is 15.3 Å². The predicted molar refractivity (Wildman–Crippen MR) is 71.1 cm³/mol. The molecule has 0 aliphatic heterocycles. The SMILES string of the molecule is C[C@@]1(CO)C[C@H]2[C@H]1CC/C(CO)=C/CC[C@@]2(C)O. The van der Waals surface area contributed by atoms with Crippen LogP contribution >= 0.6 is 0 Å². The lowest BCUT2D eigenvalue weighted by atomic mass is 9.49. The van der Waals surface area contributed by atoms with Crippen molar-refractivity contribution in [2.45, 2.75) is 51.6 Å². The van der Waals surface area contributed by atoms with E-state index in [4.69, 9.17) is 0 Å². The largest absolute Gasteiger partial charge is 0.396 e. The molecular formula is C15H26O3. The van der Waals surface area contributed by atoms with E-state index in [2.05, 4.69) is 13.0 Å². The van der Waals surface area contributed by atoms with Gasteiger partial charge in [0.15, 0.2) is 0 Å². The van der Waals surface area contributed by atoms with Gasteiger partial charge in [-0.25, -0.2) is 0 Å². The van der Waals surface area contributed by atoms with Crippen molar-refractivity contribution in [3.8, 4) is 0 Å². The van der Waals surface area contributed by atoms with Crippen molar-refractivity contribution < 1.29 is 15.3 Å². The van der Waals surface area contributed by atoms with Crippen molar-refractivity contribution in [2.24, 2.45) is 17.3 Å². The molecule has 1 fully saturated rings. The summed E-state index contributed by atoms with van der Waals surface area (Å²) in [4.78, 5) is 0. The van der Waals surface area contributed by atoms with Crippen LogP contribution in [0.5, 0.6) is 0 Å². The summed E-state index contributed by atoms with van der Waals surface area (Å²) in [6.45, 7) is 4.36. The Morgan fingerprint density at radius 2 is 2.00 bits per heavy atom.